The Balaban J connectivity index is 1.88. The van der Waals surface area contributed by atoms with Gasteiger partial charge in [0.05, 0.1) is 11.6 Å². The summed E-state index contributed by atoms with van der Waals surface area (Å²) in [6, 6.07) is 10.5. The van der Waals surface area contributed by atoms with Gasteiger partial charge in [0.25, 0.3) is 0 Å². The summed E-state index contributed by atoms with van der Waals surface area (Å²) in [6.45, 7) is 2.23. The van der Waals surface area contributed by atoms with Crippen LogP contribution in [0.4, 0.5) is 5.69 Å². The van der Waals surface area contributed by atoms with Crippen LogP contribution in [0.1, 0.15) is 31.7 Å². The van der Waals surface area contributed by atoms with Crippen molar-refractivity contribution in [3.8, 4) is 6.07 Å². The van der Waals surface area contributed by atoms with Crippen LogP contribution in [-0.2, 0) is 0 Å². The number of rotatable bonds is 4. The molecule has 78 valence electrons. The van der Waals surface area contributed by atoms with Crippen molar-refractivity contribution in [3.63, 3.8) is 0 Å². The molecule has 0 saturated heterocycles. The number of nitrogens with zero attached hydrogens (tertiary/aromatic N) is 1. The lowest BCUT2D eigenvalue weighted by Crippen LogP contribution is -2.04. The van der Waals surface area contributed by atoms with Gasteiger partial charge in [-0.1, -0.05) is 13.3 Å². The highest BCUT2D eigenvalue weighted by molar-refractivity contribution is 5.48. The molecule has 2 rings (SSSR count). The summed E-state index contributed by atoms with van der Waals surface area (Å²) in [6.07, 6.45) is 3.90. The summed E-state index contributed by atoms with van der Waals surface area (Å²) in [5.41, 5.74) is 1.86. The molecule has 2 heteroatoms. The first-order chi connectivity index (χ1) is 7.33. The fourth-order valence-electron chi connectivity index (χ4n) is 1.97. The van der Waals surface area contributed by atoms with Crippen molar-refractivity contribution < 1.29 is 0 Å². The maximum atomic E-state index is 8.66. The quantitative estimate of drug-likeness (QED) is 0.810. The summed E-state index contributed by atoms with van der Waals surface area (Å²) >= 11 is 0. The van der Waals surface area contributed by atoms with E-state index < -0.39 is 0 Å². The van der Waals surface area contributed by atoms with E-state index in [4.69, 9.17) is 5.26 Å². The molecule has 0 amide bonds. The molecule has 1 aromatic carbocycles. The van der Waals surface area contributed by atoms with Crippen LogP contribution in [0.15, 0.2) is 24.3 Å². The van der Waals surface area contributed by atoms with Crippen molar-refractivity contribution in [1.29, 1.82) is 5.26 Å². The van der Waals surface area contributed by atoms with Gasteiger partial charge >= 0.3 is 0 Å². The third kappa shape index (κ3) is 2.50. The van der Waals surface area contributed by atoms with Gasteiger partial charge in [0.2, 0.25) is 0 Å². The highest BCUT2D eigenvalue weighted by Gasteiger charge is 2.35. The Kier molecular flexibility index (Phi) is 2.91. The van der Waals surface area contributed by atoms with Gasteiger partial charge in [-0.05, 0) is 43.0 Å². The van der Waals surface area contributed by atoms with Crippen LogP contribution in [0.2, 0.25) is 0 Å². The van der Waals surface area contributed by atoms with E-state index in [9.17, 15) is 0 Å². The van der Waals surface area contributed by atoms with Crippen LogP contribution < -0.4 is 5.32 Å². The maximum Gasteiger partial charge on any atom is 0.0991 e. The monoisotopic (exact) mass is 200 g/mol. The summed E-state index contributed by atoms with van der Waals surface area (Å²) < 4.78 is 0. The number of nitrogens with one attached hydrogen (secondary N) is 1. The lowest BCUT2D eigenvalue weighted by atomic mass is 10.2. The molecule has 0 heterocycles. The van der Waals surface area contributed by atoms with Crippen molar-refractivity contribution in [2.45, 2.75) is 32.2 Å². The van der Waals surface area contributed by atoms with Crippen LogP contribution in [0.25, 0.3) is 0 Å². The van der Waals surface area contributed by atoms with Gasteiger partial charge in [0.15, 0.2) is 0 Å². The van der Waals surface area contributed by atoms with Gasteiger partial charge < -0.3 is 5.32 Å². The number of anilines is 1. The molecule has 1 fully saturated rings. The van der Waals surface area contributed by atoms with Gasteiger partial charge in [-0.15, -0.1) is 0 Å². The van der Waals surface area contributed by atoms with E-state index in [1.165, 1.54) is 19.3 Å². The first-order valence-corrected chi connectivity index (χ1v) is 5.60. The smallest absolute Gasteiger partial charge is 0.0991 e. The summed E-state index contributed by atoms with van der Waals surface area (Å²) in [5.74, 6) is 0.866. The van der Waals surface area contributed by atoms with E-state index >= 15 is 0 Å². The Morgan fingerprint density at radius 3 is 2.73 bits per heavy atom. The molecule has 1 N–H and O–H groups in total. The van der Waals surface area contributed by atoms with Crippen LogP contribution in [0.3, 0.4) is 0 Å². The second-order valence-corrected chi connectivity index (χ2v) is 4.22. The third-order valence-corrected chi connectivity index (χ3v) is 2.95. The summed E-state index contributed by atoms with van der Waals surface area (Å²) in [7, 11) is 0. The van der Waals surface area contributed by atoms with Crippen molar-refractivity contribution in [2.75, 3.05) is 5.32 Å². The second kappa shape index (κ2) is 4.35. The fraction of sp³-hybridized carbons (Fsp3) is 0.462. The highest BCUT2D eigenvalue weighted by atomic mass is 15.0. The van der Waals surface area contributed by atoms with E-state index in [0.717, 1.165) is 17.2 Å². The van der Waals surface area contributed by atoms with Gasteiger partial charge in [0, 0.05) is 11.7 Å². The van der Waals surface area contributed by atoms with E-state index in [-0.39, 0.29) is 0 Å². The van der Waals surface area contributed by atoms with E-state index in [2.05, 4.69) is 18.3 Å². The lowest BCUT2D eigenvalue weighted by Gasteiger charge is -2.05. The molecule has 0 radical (unpaired) electrons. The van der Waals surface area contributed by atoms with Crippen molar-refractivity contribution >= 4 is 5.69 Å². The van der Waals surface area contributed by atoms with Gasteiger partial charge in [-0.3, -0.25) is 0 Å². The molecule has 1 aliphatic rings. The Morgan fingerprint density at radius 1 is 1.40 bits per heavy atom. The van der Waals surface area contributed by atoms with Crippen LogP contribution in [0, 0.1) is 17.2 Å². The average molecular weight is 200 g/mol. The molecular weight excluding hydrogens is 184 g/mol. The first kappa shape index (κ1) is 10.0. The molecule has 2 atom stereocenters. The van der Waals surface area contributed by atoms with E-state index in [1.807, 2.05) is 24.3 Å². The molecule has 1 aromatic rings. The maximum absolute atomic E-state index is 8.66. The largest absolute Gasteiger partial charge is 0.382 e. The highest BCUT2D eigenvalue weighted by Crippen LogP contribution is 2.37. The molecule has 1 aliphatic carbocycles. The van der Waals surface area contributed by atoms with Crippen LogP contribution in [-0.4, -0.2) is 6.04 Å². The summed E-state index contributed by atoms with van der Waals surface area (Å²) in [5, 5.41) is 12.2. The van der Waals surface area contributed by atoms with E-state index in [0.29, 0.717) is 6.04 Å². The van der Waals surface area contributed by atoms with Crippen molar-refractivity contribution in [2.24, 2.45) is 5.92 Å². The zero-order chi connectivity index (χ0) is 10.7. The Labute approximate surface area is 90.9 Å². The minimum Gasteiger partial charge on any atom is -0.382 e. The van der Waals surface area contributed by atoms with Gasteiger partial charge in [-0.2, -0.15) is 5.26 Å². The molecule has 15 heavy (non-hydrogen) atoms. The molecule has 2 nitrogen and oxygen atoms in total. The molecule has 0 aliphatic heterocycles. The predicted molar refractivity (Wildman–Crippen MR) is 61.6 cm³/mol. The number of hydrogen-bond donors (Lipinski definition) is 1. The standard InChI is InChI=1S/C13H16N2/c1-2-3-11-8-13(11)15-12-6-4-10(9-14)5-7-12/h4-7,11,13,15H,2-3,8H2,1H3. The third-order valence-electron chi connectivity index (χ3n) is 2.95. The number of nitriles is 1. The molecule has 0 aromatic heterocycles. The van der Waals surface area contributed by atoms with Crippen molar-refractivity contribution in [3.05, 3.63) is 29.8 Å². The van der Waals surface area contributed by atoms with E-state index in [1.54, 1.807) is 0 Å². The first-order valence-electron chi connectivity index (χ1n) is 5.60. The minimum absolute atomic E-state index is 0.665. The topological polar surface area (TPSA) is 35.8 Å². The molecular formula is C13H16N2. The van der Waals surface area contributed by atoms with Crippen molar-refractivity contribution in [1.82, 2.24) is 0 Å². The lowest BCUT2D eigenvalue weighted by molar-refractivity contribution is 0.693. The number of hydrogen-bond acceptors (Lipinski definition) is 2. The Morgan fingerprint density at radius 2 is 2.13 bits per heavy atom. The molecule has 1 saturated carbocycles. The number of benzene rings is 1. The second-order valence-electron chi connectivity index (χ2n) is 4.22. The predicted octanol–water partition coefficient (Wildman–Crippen LogP) is 3.16. The minimum atomic E-state index is 0.665. The molecule has 2 unspecified atom stereocenters. The normalized spacial score (nSPS) is 23.2. The summed E-state index contributed by atoms with van der Waals surface area (Å²) in [4.78, 5) is 0. The zero-order valence-corrected chi connectivity index (χ0v) is 9.03. The fourth-order valence-corrected chi connectivity index (χ4v) is 1.97. The van der Waals surface area contributed by atoms with Gasteiger partial charge in [-0.25, -0.2) is 0 Å². The average Bonchev–Trinajstić information content (AvgIpc) is 2.98. The SMILES string of the molecule is CCCC1CC1Nc1ccc(C#N)cc1. The van der Waals surface area contributed by atoms with Crippen LogP contribution in [0.5, 0.6) is 0 Å². The molecule has 0 bridgehead atoms. The van der Waals surface area contributed by atoms with Crippen LogP contribution >= 0.6 is 0 Å². The van der Waals surface area contributed by atoms with Gasteiger partial charge in [0.1, 0.15) is 0 Å². The zero-order valence-electron chi connectivity index (χ0n) is 9.03. The Hall–Kier alpha value is -1.49. The Bertz CT molecular complexity index is 361. The molecule has 0 spiro atoms.